The van der Waals surface area contributed by atoms with Crippen LogP contribution >= 0.6 is 0 Å². The zero-order valence-electron chi connectivity index (χ0n) is 18.1. The van der Waals surface area contributed by atoms with Gasteiger partial charge in [-0.15, -0.1) is 0 Å². The summed E-state index contributed by atoms with van der Waals surface area (Å²) in [6.07, 6.45) is 0. The van der Waals surface area contributed by atoms with Gasteiger partial charge in [-0.25, -0.2) is 8.42 Å². The summed E-state index contributed by atoms with van der Waals surface area (Å²) in [6, 6.07) is 18.3. The lowest BCUT2D eigenvalue weighted by Gasteiger charge is -2.18. The van der Waals surface area contributed by atoms with Crippen molar-refractivity contribution in [3.05, 3.63) is 60.7 Å². The number of rotatable bonds is 8. The summed E-state index contributed by atoms with van der Waals surface area (Å²) >= 11 is 0. The molecule has 0 atom stereocenters. The highest BCUT2D eigenvalue weighted by Gasteiger charge is 2.27. The molecule has 0 unspecified atom stereocenters. The molecule has 0 saturated carbocycles. The molecule has 162 valence electrons. The summed E-state index contributed by atoms with van der Waals surface area (Å²) in [5.74, 6) is 0.638. The van der Waals surface area contributed by atoms with Crippen LogP contribution in [0.15, 0.2) is 70.6 Å². The monoisotopic (exact) mass is 437 g/mol. The number of sulfone groups is 1. The van der Waals surface area contributed by atoms with Crippen LogP contribution in [0.5, 0.6) is 5.75 Å². The first-order chi connectivity index (χ1) is 15.0. The van der Waals surface area contributed by atoms with E-state index in [0.717, 1.165) is 25.0 Å². The molecule has 1 heterocycles. The SMILES string of the molecule is CCN(CC)CCOc1cccc2c(S(=O)(=O)c3cccc4ccccc34)nn(C)c12. The molecule has 0 bridgehead atoms. The molecule has 0 spiro atoms. The Morgan fingerprint density at radius 3 is 2.39 bits per heavy atom. The van der Waals surface area contributed by atoms with E-state index < -0.39 is 9.84 Å². The number of aryl methyl sites for hydroxylation is 1. The maximum atomic E-state index is 13.6. The molecule has 0 N–H and O–H groups in total. The molecule has 0 aliphatic heterocycles. The fourth-order valence-electron chi connectivity index (χ4n) is 3.94. The second-order valence-corrected chi connectivity index (χ2v) is 9.27. The van der Waals surface area contributed by atoms with Crippen LogP contribution in [-0.2, 0) is 16.9 Å². The molecule has 6 nitrogen and oxygen atoms in total. The zero-order valence-corrected chi connectivity index (χ0v) is 18.9. The average Bonchev–Trinajstić information content (AvgIpc) is 3.14. The fourth-order valence-corrected chi connectivity index (χ4v) is 5.57. The van der Waals surface area contributed by atoms with Gasteiger partial charge in [-0.3, -0.25) is 4.68 Å². The highest BCUT2D eigenvalue weighted by atomic mass is 32.2. The van der Waals surface area contributed by atoms with Crippen LogP contribution in [0.2, 0.25) is 0 Å². The number of aromatic nitrogens is 2. The summed E-state index contributed by atoms with van der Waals surface area (Å²) in [5.41, 5.74) is 0.681. The molecule has 4 rings (SSSR count). The van der Waals surface area contributed by atoms with Crippen molar-refractivity contribution < 1.29 is 13.2 Å². The van der Waals surface area contributed by atoms with E-state index in [1.165, 1.54) is 0 Å². The van der Waals surface area contributed by atoms with E-state index in [1.54, 1.807) is 29.9 Å². The van der Waals surface area contributed by atoms with E-state index in [0.29, 0.717) is 28.6 Å². The summed E-state index contributed by atoms with van der Waals surface area (Å²) in [5, 5.41) is 6.61. The van der Waals surface area contributed by atoms with Gasteiger partial charge in [0.25, 0.3) is 0 Å². The van der Waals surface area contributed by atoms with Crippen LogP contribution in [0.3, 0.4) is 0 Å². The third-order valence-electron chi connectivity index (χ3n) is 5.65. The first kappa shape index (κ1) is 21.3. The van der Waals surface area contributed by atoms with Crippen molar-refractivity contribution in [2.45, 2.75) is 23.8 Å². The molecule has 3 aromatic carbocycles. The quantitative estimate of drug-likeness (QED) is 0.412. The highest BCUT2D eigenvalue weighted by molar-refractivity contribution is 7.91. The Bertz CT molecular complexity index is 1320. The van der Waals surface area contributed by atoms with Gasteiger partial charge in [0.1, 0.15) is 17.9 Å². The second kappa shape index (κ2) is 8.69. The number of nitrogens with zero attached hydrogens (tertiary/aromatic N) is 3. The third kappa shape index (κ3) is 3.91. The lowest BCUT2D eigenvalue weighted by Crippen LogP contribution is -2.27. The van der Waals surface area contributed by atoms with Crippen LogP contribution in [0.4, 0.5) is 0 Å². The summed E-state index contributed by atoms with van der Waals surface area (Å²) in [6.45, 7) is 7.50. The molecule has 0 radical (unpaired) electrons. The predicted molar refractivity (Wildman–Crippen MR) is 123 cm³/mol. The minimum absolute atomic E-state index is 0.0514. The molecule has 31 heavy (non-hydrogen) atoms. The van der Waals surface area contributed by atoms with E-state index >= 15 is 0 Å². The minimum atomic E-state index is -3.83. The highest BCUT2D eigenvalue weighted by Crippen LogP contribution is 2.34. The van der Waals surface area contributed by atoms with E-state index in [4.69, 9.17) is 4.74 Å². The van der Waals surface area contributed by atoms with Gasteiger partial charge in [-0.05, 0) is 36.7 Å². The molecule has 0 saturated heterocycles. The minimum Gasteiger partial charge on any atom is -0.490 e. The number of para-hydroxylation sites is 1. The zero-order chi connectivity index (χ0) is 22.0. The summed E-state index contributed by atoms with van der Waals surface area (Å²) in [4.78, 5) is 2.54. The van der Waals surface area contributed by atoms with E-state index in [1.807, 2.05) is 42.5 Å². The molecule has 0 fully saturated rings. The first-order valence-corrected chi connectivity index (χ1v) is 12.0. The standard InChI is InChI=1S/C24H27N3O3S/c1-4-27(5-2)16-17-30-21-14-9-13-20-23(21)26(3)25-24(20)31(28,29)22-15-8-11-18-10-6-7-12-19(18)22/h6-15H,4-5,16-17H2,1-3H3. The van der Waals surface area contributed by atoms with Crippen LogP contribution in [0, 0.1) is 0 Å². The summed E-state index contributed by atoms with van der Waals surface area (Å²) in [7, 11) is -2.07. The number of likely N-dealkylation sites (N-methyl/N-ethyl adjacent to an activating group) is 1. The lowest BCUT2D eigenvalue weighted by atomic mass is 10.1. The maximum Gasteiger partial charge on any atom is 0.226 e. The topological polar surface area (TPSA) is 64.4 Å². The van der Waals surface area contributed by atoms with Gasteiger partial charge in [-0.1, -0.05) is 56.3 Å². The van der Waals surface area contributed by atoms with Gasteiger partial charge in [-0.2, -0.15) is 5.10 Å². The molecular formula is C24H27N3O3S. The number of fused-ring (bicyclic) bond motifs is 2. The van der Waals surface area contributed by atoms with Crippen molar-refractivity contribution in [1.82, 2.24) is 14.7 Å². The molecular weight excluding hydrogens is 410 g/mol. The van der Waals surface area contributed by atoms with Gasteiger partial charge in [0.15, 0.2) is 5.03 Å². The number of hydrogen-bond acceptors (Lipinski definition) is 5. The summed E-state index contributed by atoms with van der Waals surface area (Å²) < 4.78 is 34.9. The number of ether oxygens (including phenoxy) is 1. The fraction of sp³-hybridized carbons (Fsp3) is 0.292. The van der Waals surface area contributed by atoms with Crippen LogP contribution in [0.1, 0.15) is 13.8 Å². The Labute approximate surface area is 183 Å². The smallest absolute Gasteiger partial charge is 0.226 e. The van der Waals surface area contributed by atoms with E-state index in [2.05, 4.69) is 23.8 Å². The molecule has 4 aromatic rings. The molecule has 0 aliphatic rings. The van der Waals surface area contributed by atoms with Gasteiger partial charge in [0.2, 0.25) is 9.84 Å². The predicted octanol–water partition coefficient (Wildman–Crippen LogP) is 4.28. The Hall–Kier alpha value is -2.90. The van der Waals surface area contributed by atoms with Gasteiger partial charge >= 0.3 is 0 Å². The average molecular weight is 438 g/mol. The van der Waals surface area contributed by atoms with E-state index in [-0.39, 0.29) is 9.92 Å². The van der Waals surface area contributed by atoms with Crippen LogP contribution < -0.4 is 4.74 Å². The van der Waals surface area contributed by atoms with Gasteiger partial charge in [0.05, 0.1) is 4.90 Å². The maximum absolute atomic E-state index is 13.6. The van der Waals surface area contributed by atoms with Crippen molar-refractivity contribution in [2.24, 2.45) is 7.05 Å². The van der Waals surface area contributed by atoms with Crippen molar-refractivity contribution >= 4 is 31.5 Å². The number of hydrogen-bond donors (Lipinski definition) is 0. The molecule has 0 aliphatic carbocycles. The lowest BCUT2D eigenvalue weighted by molar-refractivity contribution is 0.224. The van der Waals surface area contributed by atoms with Crippen molar-refractivity contribution in [1.29, 1.82) is 0 Å². The van der Waals surface area contributed by atoms with Crippen LogP contribution in [-0.4, -0.2) is 49.3 Å². The third-order valence-corrected chi connectivity index (χ3v) is 7.39. The van der Waals surface area contributed by atoms with Crippen LogP contribution in [0.25, 0.3) is 21.7 Å². The Morgan fingerprint density at radius 2 is 1.61 bits per heavy atom. The first-order valence-electron chi connectivity index (χ1n) is 10.5. The van der Waals surface area contributed by atoms with E-state index in [9.17, 15) is 8.42 Å². The Morgan fingerprint density at radius 1 is 0.935 bits per heavy atom. The van der Waals surface area contributed by atoms with Crippen molar-refractivity contribution in [3.63, 3.8) is 0 Å². The molecule has 0 amide bonds. The normalized spacial score (nSPS) is 12.1. The number of benzene rings is 3. The Balaban J connectivity index is 1.77. The largest absolute Gasteiger partial charge is 0.490 e. The Kier molecular flexibility index (Phi) is 5.98. The molecule has 7 heteroatoms. The second-order valence-electron chi connectivity index (χ2n) is 7.44. The van der Waals surface area contributed by atoms with Crippen molar-refractivity contribution in [2.75, 3.05) is 26.2 Å². The van der Waals surface area contributed by atoms with Crippen molar-refractivity contribution in [3.8, 4) is 5.75 Å². The van der Waals surface area contributed by atoms with Gasteiger partial charge in [0, 0.05) is 24.4 Å². The van der Waals surface area contributed by atoms with Gasteiger partial charge < -0.3 is 9.64 Å². The molecule has 1 aromatic heterocycles.